The Kier molecular flexibility index (Phi) is 7.26. The highest BCUT2D eigenvalue weighted by molar-refractivity contribution is 6.43. The first kappa shape index (κ1) is 17.2. The maximum atomic E-state index is 12.7. The van der Waals surface area contributed by atoms with Crippen LogP contribution >= 0.6 is 0 Å². The maximum Gasteiger partial charge on any atom is 0.416 e. The Labute approximate surface area is 119 Å². The summed E-state index contributed by atoms with van der Waals surface area (Å²) in [4.78, 5) is 0. The highest BCUT2D eigenvalue weighted by Gasteiger charge is 2.30. The third-order valence-corrected chi connectivity index (χ3v) is 4.69. The van der Waals surface area contributed by atoms with Crippen molar-refractivity contribution in [2.24, 2.45) is 0 Å². The largest absolute Gasteiger partial charge is 0.416 e. The van der Waals surface area contributed by atoms with E-state index >= 15 is 0 Å². The van der Waals surface area contributed by atoms with Crippen LogP contribution in [0.3, 0.4) is 0 Å². The summed E-state index contributed by atoms with van der Waals surface area (Å²) in [6.07, 6.45) is -2.55. The van der Waals surface area contributed by atoms with Crippen molar-refractivity contribution in [3.63, 3.8) is 0 Å². The van der Waals surface area contributed by atoms with Crippen molar-refractivity contribution < 1.29 is 22.0 Å². The Hall–Kier alpha value is -0.853. The zero-order valence-electron chi connectivity index (χ0n) is 11.9. The van der Waals surface area contributed by atoms with Gasteiger partial charge in [0.25, 0.3) is 0 Å². The summed E-state index contributed by atoms with van der Waals surface area (Å²) in [5, 5.41) is 0. The van der Waals surface area contributed by atoms with Gasteiger partial charge in [0, 0.05) is 19.3 Å². The van der Waals surface area contributed by atoms with Crippen LogP contribution < -0.4 is 0 Å². The van der Waals surface area contributed by atoms with Crippen molar-refractivity contribution in [2.45, 2.75) is 38.9 Å². The van der Waals surface area contributed by atoms with E-state index < -0.39 is 21.0 Å². The van der Waals surface area contributed by atoms with E-state index in [-0.39, 0.29) is 0 Å². The van der Waals surface area contributed by atoms with Crippen molar-refractivity contribution in [1.29, 1.82) is 0 Å². The normalized spacial score (nSPS) is 12.1. The molecule has 0 radical (unpaired) electrons. The Morgan fingerprint density at radius 1 is 1.05 bits per heavy atom. The SMILES string of the molecule is CCCO[SiH](Cc1cccc(C(F)(F)F)c1)OCCC. The van der Waals surface area contributed by atoms with Crippen LogP contribution in [-0.2, 0) is 21.1 Å². The lowest BCUT2D eigenvalue weighted by Gasteiger charge is -2.17. The number of alkyl halides is 3. The van der Waals surface area contributed by atoms with Crippen LogP contribution in [0.5, 0.6) is 0 Å². The van der Waals surface area contributed by atoms with Crippen LogP contribution in [0.2, 0.25) is 0 Å². The molecule has 0 aliphatic carbocycles. The zero-order valence-corrected chi connectivity index (χ0v) is 13.0. The minimum Gasteiger partial charge on any atom is -0.396 e. The van der Waals surface area contributed by atoms with E-state index in [1.165, 1.54) is 12.1 Å². The van der Waals surface area contributed by atoms with Crippen molar-refractivity contribution in [3.8, 4) is 0 Å². The minimum atomic E-state index is -4.30. The van der Waals surface area contributed by atoms with Crippen LogP contribution in [0.1, 0.15) is 37.8 Å². The van der Waals surface area contributed by atoms with Gasteiger partial charge in [0.15, 0.2) is 0 Å². The second kappa shape index (κ2) is 8.44. The van der Waals surface area contributed by atoms with E-state index in [1.807, 2.05) is 13.8 Å². The van der Waals surface area contributed by atoms with Crippen LogP contribution in [0.25, 0.3) is 0 Å². The number of halogens is 3. The Morgan fingerprint density at radius 3 is 2.15 bits per heavy atom. The summed E-state index contributed by atoms with van der Waals surface area (Å²) >= 11 is 0. The molecule has 0 amide bonds. The van der Waals surface area contributed by atoms with Crippen LogP contribution in [0.15, 0.2) is 24.3 Å². The van der Waals surface area contributed by atoms with Gasteiger partial charge in [-0.15, -0.1) is 0 Å². The first-order valence-electron chi connectivity index (χ1n) is 6.86. The molecule has 114 valence electrons. The zero-order chi connectivity index (χ0) is 15.0. The van der Waals surface area contributed by atoms with E-state index in [2.05, 4.69) is 0 Å². The highest BCUT2D eigenvalue weighted by atomic mass is 28.3. The molecule has 0 aliphatic rings. The smallest absolute Gasteiger partial charge is 0.396 e. The molecule has 0 spiro atoms. The molecule has 0 bridgehead atoms. The van der Waals surface area contributed by atoms with Gasteiger partial charge in [-0.05, 0) is 24.5 Å². The van der Waals surface area contributed by atoms with E-state index in [0.29, 0.717) is 24.8 Å². The molecule has 0 atom stereocenters. The molecule has 1 rings (SSSR count). The van der Waals surface area contributed by atoms with Gasteiger partial charge in [-0.1, -0.05) is 32.0 Å². The molecular formula is C14H21F3O2Si. The van der Waals surface area contributed by atoms with E-state index in [0.717, 1.165) is 18.9 Å². The third kappa shape index (κ3) is 6.07. The molecule has 0 unspecified atom stereocenters. The molecular weight excluding hydrogens is 285 g/mol. The molecule has 0 saturated heterocycles. The first-order chi connectivity index (χ1) is 9.47. The summed E-state index contributed by atoms with van der Waals surface area (Å²) in [7, 11) is -1.94. The van der Waals surface area contributed by atoms with Gasteiger partial charge in [-0.3, -0.25) is 0 Å². The van der Waals surface area contributed by atoms with Crippen LogP contribution in [0, 0.1) is 0 Å². The topological polar surface area (TPSA) is 18.5 Å². The lowest BCUT2D eigenvalue weighted by molar-refractivity contribution is -0.137. The second-order valence-corrected chi connectivity index (χ2v) is 6.51. The van der Waals surface area contributed by atoms with E-state index in [4.69, 9.17) is 8.85 Å². The van der Waals surface area contributed by atoms with Gasteiger partial charge in [0.1, 0.15) is 0 Å². The van der Waals surface area contributed by atoms with Crippen molar-refractivity contribution in [2.75, 3.05) is 13.2 Å². The van der Waals surface area contributed by atoms with Gasteiger partial charge in [0.05, 0.1) is 5.56 Å². The van der Waals surface area contributed by atoms with Gasteiger partial charge < -0.3 is 8.85 Å². The summed E-state index contributed by atoms with van der Waals surface area (Å²) < 4.78 is 49.3. The molecule has 0 aromatic heterocycles. The fourth-order valence-electron chi connectivity index (χ4n) is 1.73. The van der Waals surface area contributed by atoms with E-state index in [9.17, 15) is 13.2 Å². The Balaban J connectivity index is 2.71. The fourth-order valence-corrected chi connectivity index (χ4v) is 3.70. The quantitative estimate of drug-likeness (QED) is 0.679. The van der Waals surface area contributed by atoms with Crippen LogP contribution in [0.4, 0.5) is 13.2 Å². The van der Waals surface area contributed by atoms with Crippen LogP contribution in [-0.4, -0.2) is 22.5 Å². The monoisotopic (exact) mass is 306 g/mol. The summed E-state index contributed by atoms with van der Waals surface area (Å²) in [5.74, 6) is 0. The minimum absolute atomic E-state index is 0.462. The number of benzene rings is 1. The highest BCUT2D eigenvalue weighted by Crippen LogP contribution is 2.29. The molecule has 1 aromatic carbocycles. The average Bonchev–Trinajstić information content (AvgIpc) is 2.41. The lowest BCUT2D eigenvalue weighted by Crippen LogP contribution is -2.27. The first-order valence-corrected chi connectivity index (χ1v) is 8.62. The Morgan fingerprint density at radius 2 is 1.65 bits per heavy atom. The molecule has 1 aromatic rings. The Bertz CT molecular complexity index is 388. The van der Waals surface area contributed by atoms with Gasteiger partial charge in [0.2, 0.25) is 0 Å². The predicted molar refractivity (Wildman–Crippen MR) is 74.8 cm³/mol. The van der Waals surface area contributed by atoms with Crippen molar-refractivity contribution in [3.05, 3.63) is 35.4 Å². The predicted octanol–water partition coefficient (Wildman–Crippen LogP) is 3.86. The van der Waals surface area contributed by atoms with Gasteiger partial charge in [-0.25, -0.2) is 0 Å². The van der Waals surface area contributed by atoms with E-state index in [1.54, 1.807) is 6.07 Å². The van der Waals surface area contributed by atoms with Gasteiger partial charge in [-0.2, -0.15) is 13.2 Å². The maximum absolute atomic E-state index is 12.7. The number of hydrogen-bond donors (Lipinski definition) is 0. The fraction of sp³-hybridized carbons (Fsp3) is 0.571. The second-order valence-electron chi connectivity index (χ2n) is 4.57. The summed E-state index contributed by atoms with van der Waals surface area (Å²) in [5.41, 5.74) is 0.0115. The molecule has 20 heavy (non-hydrogen) atoms. The van der Waals surface area contributed by atoms with Crippen molar-refractivity contribution in [1.82, 2.24) is 0 Å². The molecule has 0 heterocycles. The standard InChI is InChI=1S/C14H21F3O2Si/c1-3-8-18-20(19-9-4-2)11-12-6-5-7-13(10-12)14(15,16)17/h5-7,10,20H,3-4,8-9,11H2,1-2H3. The molecule has 6 heteroatoms. The lowest BCUT2D eigenvalue weighted by atomic mass is 10.1. The molecule has 0 aliphatic heterocycles. The molecule has 0 N–H and O–H groups in total. The van der Waals surface area contributed by atoms with Crippen molar-refractivity contribution >= 4 is 9.28 Å². The number of hydrogen-bond acceptors (Lipinski definition) is 2. The van der Waals surface area contributed by atoms with Gasteiger partial charge >= 0.3 is 15.5 Å². The average molecular weight is 306 g/mol. The third-order valence-electron chi connectivity index (χ3n) is 2.67. The number of rotatable bonds is 8. The summed E-state index contributed by atoms with van der Waals surface area (Å²) in [6.45, 7) is 5.18. The summed E-state index contributed by atoms with van der Waals surface area (Å²) in [6, 6.07) is 5.86. The molecule has 0 fully saturated rings. The molecule has 2 nitrogen and oxygen atoms in total. The molecule has 0 saturated carbocycles.